The molecule has 0 spiro atoms. The lowest BCUT2D eigenvalue weighted by Crippen LogP contribution is -2.48. The van der Waals surface area contributed by atoms with Gasteiger partial charge in [-0.25, -0.2) is 0 Å². The molecule has 2 aliphatic rings. The van der Waals surface area contributed by atoms with Gasteiger partial charge in [-0.1, -0.05) is 17.7 Å². The predicted molar refractivity (Wildman–Crippen MR) is 96.9 cm³/mol. The highest BCUT2D eigenvalue weighted by molar-refractivity contribution is 6.31. The molecule has 25 heavy (non-hydrogen) atoms. The minimum Gasteiger partial charge on any atom is -0.454 e. The van der Waals surface area contributed by atoms with Crippen molar-refractivity contribution >= 4 is 23.2 Å². The van der Waals surface area contributed by atoms with Crippen molar-refractivity contribution in [2.24, 2.45) is 0 Å². The molecule has 2 aliphatic heterocycles. The summed E-state index contributed by atoms with van der Waals surface area (Å²) in [4.78, 5) is 16.9. The third kappa shape index (κ3) is 3.12. The first-order chi connectivity index (χ1) is 12.1. The van der Waals surface area contributed by atoms with Crippen LogP contribution in [0.5, 0.6) is 11.5 Å². The Morgan fingerprint density at radius 2 is 1.76 bits per heavy atom. The zero-order valence-corrected chi connectivity index (χ0v) is 14.8. The van der Waals surface area contributed by atoms with Crippen LogP contribution in [0.1, 0.15) is 15.9 Å². The van der Waals surface area contributed by atoms with Crippen LogP contribution in [0.25, 0.3) is 0 Å². The minimum atomic E-state index is 0.0277. The minimum absolute atomic E-state index is 0.0277. The molecule has 4 rings (SSSR count). The third-order valence-corrected chi connectivity index (χ3v) is 5.11. The molecule has 2 heterocycles. The highest BCUT2D eigenvalue weighted by atomic mass is 35.5. The quantitative estimate of drug-likeness (QED) is 0.825. The number of aryl methyl sites for hydroxylation is 1. The van der Waals surface area contributed by atoms with Gasteiger partial charge in [-0.3, -0.25) is 4.79 Å². The second kappa shape index (κ2) is 6.48. The SMILES string of the molecule is Cc1ccc(N2CCN(C(=O)c3ccc4c(c3)OCO4)CC2)cc1Cl. The molecule has 0 N–H and O–H groups in total. The standard InChI is InChI=1S/C19H19ClN2O3/c1-13-2-4-15(11-16(13)20)21-6-8-22(9-7-21)19(23)14-3-5-17-18(10-14)25-12-24-17/h2-5,10-11H,6-9,12H2,1H3. The van der Waals surface area contributed by atoms with Gasteiger partial charge in [0.25, 0.3) is 5.91 Å². The number of piperazine rings is 1. The average molecular weight is 359 g/mol. The molecule has 130 valence electrons. The van der Waals surface area contributed by atoms with E-state index in [9.17, 15) is 4.79 Å². The van der Waals surface area contributed by atoms with E-state index in [0.717, 1.165) is 29.4 Å². The monoisotopic (exact) mass is 358 g/mol. The molecule has 2 aromatic rings. The highest BCUT2D eigenvalue weighted by Gasteiger charge is 2.24. The summed E-state index contributed by atoms with van der Waals surface area (Å²) in [6.45, 7) is 5.14. The number of ether oxygens (including phenoxy) is 2. The van der Waals surface area contributed by atoms with Crippen molar-refractivity contribution in [3.8, 4) is 11.5 Å². The van der Waals surface area contributed by atoms with Gasteiger partial charge in [-0.05, 0) is 42.8 Å². The van der Waals surface area contributed by atoms with Crippen LogP contribution in [0.15, 0.2) is 36.4 Å². The van der Waals surface area contributed by atoms with Gasteiger partial charge in [0.1, 0.15) is 0 Å². The molecule has 1 saturated heterocycles. The summed E-state index contributed by atoms with van der Waals surface area (Å²) in [5.74, 6) is 1.36. The van der Waals surface area contributed by atoms with Crippen LogP contribution in [0.4, 0.5) is 5.69 Å². The number of fused-ring (bicyclic) bond motifs is 1. The van der Waals surface area contributed by atoms with E-state index >= 15 is 0 Å². The Bertz CT molecular complexity index is 816. The van der Waals surface area contributed by atoms with Crippen LogP contribution in [0.2, 0.25) is 5.02 Å². The smallest absolute Gasteiger partial charge is 0.254 e. The average Bonchev–Trinajstić information content (AvgIpc) is 3.11. The Balaban J connectivity index is 1.43. The van der Waals surface area contributed by atoms with Crippen LogP contribution in [-0.2, 0) is 0 Å². The Hall–Kier alpha value is -2.40. The van der Waals surface area contributed by atoms with Crippen LogP contribution in [0, 0.1) is 6.92 Å². The van der Waals surface area contributed by atoms with Gasteiger partial charge >= 0.3 is 0 Å². The molecule has 5 nitrogen and oxygen atoms in total. The number of nitrogens with zero attached hydrogens (tertiary/aromatic N) is 2. The molecular formula is C19H19ClN2O3. The molecular weight excluding hydrogens is 340 g/mol. The zero-order valence-electron chi connectivity index (χ0n) is 14.0. The van der Waals surface area contributed by atoms with E-state index < -0.39 is 0 Å². The summed E-state index contributed by atoms with van der Waals surface area (Å²) < 4.78 is 10.7. The van der Waals surface area contributed by atoms with Crippen LogP contribution >= 0.6 is 11.6 Å². The number of benzene rings is 2. The number of anilines is 1. The number of rotatable bonds is 2. The van der Waals surface area contributed by atoms with Crippen LogP contribution < -0.4 is 14.4 Å². The predicted octanol–water partition coefficient (Wildman–Crippen LogP) is 3.34. The summed E-state index contributed by atoms with van der Waals surface area (Å²) in [6, 6.07) is 11.4. The molecule has 1 amide bonds. The lowest BCUT2D eigenvalue weighted by atomic mass is 10.1. The van der Waals surface area contributed by atoms with Gasteiger partial charge in [0.2, 0.25) is 6.79 Å². The summed E-state index contributed by atoms with van der Waals surface area (Å²) in [5.41, 5.74) is 2.81. The maximum Gasteiger partial charge on any atom is 0.254 e. The van der Waals surface area contributed by atoms with E-state index in [2.05, 4.69) is 11.0 Å². The number of halogens is 1. The van der Waals surface area contributed by atoms with Crippen molar-refractivity contribution in [1.29, 1.82) is 0 Å². The molecule has 0 saturated carbocycles. The van der Waals surface area contributed by atoms with Crippen molar-refractivity contribution in [1.82, 2.24) is 4.90 Å². The van der Waals surface area contributed by atoms with Gasteiger partial charge in [0, 0.05) is 42.5 Å². The largest absolute Gasteiger partial charge is 0.454 e. The maximum atomic E-state index is 12.7. The number of carbonyl (C=O) groups excluding carboxylic acids is 1. The fourth-order valence-electron chi connectivity index (χ4n) is 3.16. The summed E-state index contributed by atoms with van der Waals surface area (Å²) >= 11 is 6.23. The molecule has 6 heteroatoms. The second-order valence-corrected chi connectivity index (χ2v) is 6.69. The Morgan fingerprint density at radius 1 is 1.00 bits per heavy atom. The zero-order chi connectivity index (χ0) is 17.4. The molecule has 0 unspecified atom stereocenters. The van der Waals surface area contributed by atoms with Crippen LogP contribution in [0.3, 0.4) is 0 Å². The molecule has 1 fully saturated rings. The number of carbonyl (C=O) groups is 1. The Labute approximate surface area is 151 Å². The van der Waals surface area contributed by atoms with E-state index in [1.807, 2.05) is 24.0 Å². The van der Waals surface area contributed by atoms with Gasteiger partial charge < -0.3 is 19.3 Å². The van der Waals surface area contributed by atoms with Gasteiger partial charge in [0.05, 0.1) is 0 Å². The summed E-state index contributed by atoms with van der Waals surface area (Å²) in [6.07, 6.45) is 0. The van der Waals surface area contributed by atoms with E-state index in [1.165, 1.54) is 0 Å². The first-order valence-corrected chi connectivity index (χ1v) is 8.69. The first-order valence-electron chi connectivity index (χ1n) is 8.32. The van der Waals surface area contributed by atoms with Crippen molar-refractivity contribution in [3.63, 3.8) is 0 Å². The van der Waals surface area contributed by atoms with Gasteiger partial charge in [-0.15, -0.1) is 0 Å². The number of amides is 1. The Morgan fingerprint density at radius 3 is 2.52 bits per heavy atom. The first kappa shape index (κ1) is 16.1. The molecule has 0 aliphatic carbocycles. The lowest BCUT2D eigenvalue weighted by molar-refractivity contribution is 0.0746. The van der Waals surface area contributed by atoms with E-state index in [1.54, 1.807) is 18.2 Å². The fraction of sp³-hybridized carbons (Fsp3) is 0.316. The maximum absolute atomic E-state index is 12.7. The van der Waals surface area contributed by atoms with Crippen molar-refractivity contribution in [2.45, 2.75) is 6.92 Å². The van der Waals surface area contributed by atoms with E-state index in [0.29, 0.717) is 30.2 Å². The number of hydrogen-bond acceptors (Lipinski definition) is 4. The van der Waals surface area contributed by atoms with Crippen molar-refractivity contribution in [2.75, 3.05) is 37.9 Å². The molecule has 0 radical (unpaired) electrons. The normalized spacial score (nSPS) is 16.2. The topological polar surface area (TPSA) is 42.0 Å². The molecule has 2 aromatic carbocycles. The molecule has 0 aromatic heterocycles. The molecule has 0 atom stereocenters. The number of hydrogen-bond donors (Lipinski definition) is 0. The molecule has 0 bridgehead atoms. The van der Waals surface area contributed by atoms with Crippen LogP contribution in [-0.4, -0.2) is 43.8 Å². The van der Waals surface area contributed by atoms with E-state index in [-0.39, 0.29) is 12.7 Å². The third-order valence-electron chi connectivity index (χ3n) is 4.71. The fourth-order valence-corrected chi connectivity index (χ4v) is 3.33. The van der Waals surface area contributed by atoms with Crippen molar-refractivity contribution in [3.05, 3.63) is 52.5 Å². The van der Waals surface area contributed by atoms with Crippen molar-refractivity contribution < 1.29 is 14.3 Å². The summed E-state index contributed by atoms with van der Waals surface area (Å²) in [5, 5.41) is 0.774. The lowest BCUT2D eigenvalue weighted by Gasteiger charge is -2.36. The van der Waals surface area contributed by atoms with Gasteiger partial charge in [0.15, 0.2) is 11.5 Å². The second-order valence-electron chi connectivity index (χ2n) is 6.28. The van der Waals surface area contributed by atoms with Gasteiger partial charge in [-0.2, -0.15) is 0 Å². The highest BCUT2D eigenvalue weighted by Crippen LogP contribution is 2.33. The summed E-state index contributed by atoms with van der Waals surface area (Å²) in [7, 11) is 0. The van der Waals surface area contributed by atoms with E-state index in [4.69, 9.17) is 21.1 Å². The Kier molecular flexibility index (Phi) is 4.17.